The zero-order chi connectivity index (χ0) is 15.7. The average Bonchev–Trinajstić information content (AvgIpc) is 2.34. The Morgan fingerprint density at radius 3 is 2.43 bits per heavy atom. The highest BCUT2D eigenvalue weighted by molar-refractivity contribution is 5.79. The molecule has 0 bridgehead atoms. The van der Waals surface area contributed by atoms with Gasteiger partial charge in [0.05, 0.1) is 19.3 Å². The van der Waals surface area contributed by atoms with Gasteiger partial charge in [0.25, 0.3) is 0 Å². The summed E-state index contributed by atoms with van der Waals surface area (Å²) < 4.78 is 19.9. The van der Waals surface area contributed by atoms with Crippen LogP contribution < -0.4 is 0 Å². The number of benzene rings is 1. The molecule has 2 rings (SSSR count). The van der Waals surface area contributed by atoms with E-state index in [-0.39, 0.29) is 13.1 Å². The molecule has 6 heteroatoms. The van der Waals surface area contributed by atoms with E-state index in [4.69, 9.17) is 9.94 Å². The summed E-state index contributed by atoms with van der Waals surface area (Å²) in [5, 5.41) is 11.3. The van der Waals surface area contributed by atoms with E-state index in [0.717, 1.165) is 0 Å². The van der Waals surface area contributed by atoms with Crippen LogP contribution in [0.3, 0.4) is 0 Å². The monoisotopic (exact) mass is 294 g/mol. The molecular formula is C15H19FN2O3. The number of likely N-dealkylation sites (tertiary alicyclic amines) is 1. The lowest BCUT2D eigenvalue weighted by atomic mass is 9.88. The quantitative estimate of drug-likeness (QED) is 0.518. The lowest BCUT2D eigenvalue weighted by molar-refractivity contribution is -0.0537. The predicted octanol–water partition coefficient (Wildman–Crippen LogP) is 2.91. The average molecular weight is 294 g/mol. The molecule has 1 heterocycles. The summed E-state index contributed by atoms with van der Waals surface area (Å²) in [5.74, 6) is 0. The van der Waals surface area contributed by atoms with Crippen molar-refractivity contribution in [2.45, 2.75) is 32.0 Å². The molecule has 5 nitrogen and oxygen atoms in total. The van der Waals surface area contributed by atoms with Crippen molar-refractivity contribution in [2.75, 3.05) is 13.1 Å². The number of ether oxygens (including phenoxy) is 1. The van der Waals surface area contributed by atoms with E-state index < -0.39 is 17.4 Å². The lowest BCUT2D eigenvalue weighted by Crippen LogP contribution is -2.59. The normalized spacial score (nSPS) is 17.6. The summed E-state index contributed by atoms with van der Waals surface area (Å²) in [6.07, 6.45) is 0.766. The van der Waals surface area contributed by atoms with Crippen molar-refractivity contribution in [3.63, 3.8) is 0 Å². The first kappa shape index (κ1) is 15.3. The van der Waals surface area contributed by atoms with E-state index in [9.17, 15) is 9.18 Å². The summed E-state index contributed by atoms with van der Waals surface area (Å²) in [6, 6.07) is 6.58. The zero-order valence-corrected chi connectivity index (χ0v) is 12.3. The summed E-state index contributed by atoms with van der Waals surface area (Å²) >= 11 is 0. The largest absolute Gasteiger partial charge is 0.444 e. The number of carbonyl (C=O) groups excluding carboxylic acids is 1. The third kappa shape index (κ3) is 3.51. The van der Waals surface area contributed by atoms with Gasteiger partial charge in [-0.15, -0.1) is 0 Å². The minimum Gasteiger partial charge on any atom is -0.444 e. The SMILES string of the molecule is CC(C)(C)OC(=O)N1CC(F)(c2ccc(/C=N\O)cc2)C1. The Labute approximate surface area is 123 Å². The minimum absolute atomic E-state index is 0.0185. The van der Waals surface area contributed by atoms with E-state index >= 15 is 0 Å². The van der Waals surface area contributed by atoms with Gasteiger partial charge in [0, 0.05) is 0 Å². The van der Waals surface area contributed by atoms with Crippen LogP contribution in [-0.4, -0.2) is 41.1 Å². The number of hydrogen-bond acceptors (Lipinski definition) is 4. The molecule has 1 N–H and O–H groups in total. The fraction of sp³-hybridized carbons (Fsp3) is 0.467. The second-order valence-corrected chi connectivity index (χ2v) is 6.17. The van der Waals surface area contributed by atoms with Gasteiger partial charge < -0.3 is 14.8 Å². The number of amides is 1. The predicted molar refractivity (Wildman–Crippen MR) is 76.4 cm³/mol. The third-order valence-corrected chi connectivity index (χ3v) is 3.17. The van der Waals surface area contributed by atoms with Gasteiger partial charge in [-0.05, 0) is 31.9 Å². The fourth-order valence-corrected chi connectivity index (χ4v) is 2.13. The molecule has 0 atom stereocenters. The first-order valence-electron chi connectivity index (χ1n) is 6.68. The van der Waals surface area contributed by atoms with Crippen LogP contribution in [0.4, 0.5) is 9.18 Å². The van der Waals surface area contributed by atoms with Crippen LogP contribution in [0.5, 0.6) is 0 Å². The lowest BCUT2D eigenvalue weighted by Gasteiger charge is -2.44. The summed E-state index contributed by atoms with van der Waals surface area (Å²) in [4.78, 5) is 13.1. The highest BCUT2D eigenvalue weighted by Gasteiger charge is 2.48. The molecule has 1 aliphatic heterocycles. The van der Waals surface area contributed by atoms with E-state index in [1.165, 1.54) is 11.1 Å². The van der Waals surface area contributed by atoms with Crippen molar-refractivity contribution < 1.29 is 19.1 Å². The van der Waals surface area contributed by atoms with Crippen molar-refractivity contribution in [3.05, 3.63) is 35.4 Å². The van der Waals surface area contributed by atoms with Crippen LogP contribution in [0.25, 0.3) is 0 Å². The van der Waals surface area contributed by atoms with E-state index in [1.807, 2.05) is 0 Å². The van der Waals surface area contributed by atoms with Crippen LogP contribution >= 0.6 is 0 Å². The molecule has 0 aliphatic carbocycles. The van der Waals surface area contributed by atoms with Gasteiger partial charge in [-0.25, -0.2) is 9.18 Å². The number of rotatable bonds is 2. The van der Waals surface area contributed by atoms with Gasteiger partial charge >= 0.3 is 6.09 Å². The number of alkyl halides is 1. The number of carbonyl (C=O) groups is 1. The van der Waals surface area contributed by atoms with Gasteiger partial charge in [-0.1, -0.05) is 29.4 Å². The van der Waals surface area contributed by atoms with Crippen LogP contribution in [0.1, 0.15) is 31.9 Å². The van der Waals surface area contributed by atoms with Crippen molar-refractivity contribution in [1.82, 2.24) is 4.90 Å². The van der Waals surface area contributed by atoms with E-state index in [0.29, 0.717) is 11.1 Å². The third-order valence-electron chi connectivity index (χ3n) is 3.17. The Hall–Kier alpha value is -2.11. The zero-order valence-electron chi connectivity index (χ0n) is 12.3. The van der Waals surface area contributed by atoms with Gasteiger partial charge in [-0.2, -0.15) is 0 Å². The standard InChI is InChI=1S/C15H19FN2O3/c1-14(2,3)21-13(19)18-9-15(16,10-18)12-6-4-11(5-7-12)8-17-20/h4-8,20H,9-10H2,1-3H3/b17-8-. The Morgan fingerprint density at radius 1 is 1.38 bits per heavy atom. The van der Waals surface area contributed by atoms with Gasteiger partial charge in [-0.3, -0.25) is 0 Å². The smallest absolute Gasteiger partial charge is 0.410 e. The minimum atomic E-state index is -1.55. The van der Waals surface area contributed by atoms with Gasteiger partial charge in [0.15, 0.2) is 5.67 Å². The Morgan fingerprint density at radius 2 is 1.95 bits per heavy atom. The van der Waals surface area contributed by atoms with Gasteiger partial charge in [0.2, 0.25) is 0 Å². The second-order valence-electron chi connectivity index (χ2n) is 6.17. The van der Waals surface area contributed by atoms with Crippen molar-refractivity contribution in [1.29, 1.82) is 0 Å². The molecule has 1 fully saturated rings. The van der Waals surface area contributed by atoms with Crippen LogP contribution in [0.15, 0.2) is 29.4 Å². The Bertz CT molecular complexity index is 543. The molecule has 1 aromatic rings. The fourth-order valence-electron chi connectivity index (χ4n) is 2.13. The molecule has 114 valence electrons. The Kier molecular flexibility index (Phi) is 3.89. The second kappa shape index (κ2) is 5.35. The molecule has 1 amide bonds. The topological polar surface area (TPSA) is 62.1 Å². The molecule has 0 aromatic heterocycles. The van der Waals surface area contributed by atoms with Gasteiger partial charge in [0.1, 0.15) is 5.60 Å². The number of oxime groups is 1. The van der Waals surface area contributed by atoms with Crippen LogP contribution in [0, 0.1) is 0 Å². The molecule has 1 aromatic carbocycles. The maximum atomic E-state index is 14.7. The van der Waals surface area contributed by atoms with Crippen LogP contribution in [0.2, 0.25) is 0 Å². The molecule has 0 unspecified atom stereocenters. The number of halogens is 1. The van der Waals surface area contributed by atoms with Crippen molar-refractivity contribution in [2.24, 2.45) is 5.16 Å². The molecule has 0 radical (unpaired) electrons. The van der Waals surface area contributed by atoms with Crippen molar-refractivity contribution >= 4 is 12.3 Å². The maximum absolute atomic E-state index is 14.7. The van der Waals surface area contributed by atoms with Crippen LogP contribution in [-0.2, 0) is 10.4 Å². The van der Waals surface area contributed by atoms with E-state index in [2.05, 4.69) is 5.16 Å². The number of nitrogens with zero attached hydrogens (tertiary/aromatic N) is 2. The first-order valence-corrected chi connectivity index (χ1v) is 6.68. The van der Waals surface area contributed by atoms with E-state index in [1.54, 1.807) is 45.0 Å². The highest BCUT2D eigenvalue weighted by Crippen LogP contribution is 2.36. The molecule has 0 saturated carbocycles. The number of hydrogen-bond donors (Lipinski definition) is 1. The maximum Gasteiger partial charge on any atom is 0.410 e. The Balaban J connectivity index is 1.99. The molecule has 0 spiro atoms. The molecule has 21 heavy (non-hydrogen) atoms. The summed E-state index contributed by atoms with van der Waals surface area (Å²) in [5.41, 5.74) is -0.964. The molecule has 1 saturated heterocycles. The summed E-state index contributed by atoms with van der Waals surface area (Å²) in [6.45, 7) is 5.28. The van der Waals surface area contributed by atoms with Crippen molar-refractivity contribution in [3.8, 4) is 0 Å². The molecular weight excluding hydrogens is 275 g/mol. The first-order chi connectivity index (χ1) is 9.73. The summed E-state index contributed by atoms with van der Waals surface area (Å²) in [7, 11) is 0. The highest BCUT2D eigenvalue weighted by atomic mass is 19.1. The molecule has 1 aliphatic rings.